The molecule has 5 aromatic heterocycles. The second kappa shape index (κ2) is 11.7. The molecule has 0 radical (unpaired) electrons. The van der Waals surface area contributed by atoms with Crippen LogP contribution in [0.2, 0.25) is 0 Å². The average Bonchev–Trinajstić information content (AvgIpc) is 3.54. The molecule has 0 N–H and O–H groups in total. The number of aromatic nitrogens is 5. The molecule has 0 aliphatic carbocycles. The largest absolute Gasteiger partial charge is 0.299 e. The number of aryl methyl sites for hydroxylation is 2. The van der Waals surface area contributed by atoms with Gasteiger partial charge in [0.25, 0.3) is 0 Å². The molecule has 5 heterocycles. The number of hydrogen-bond acceptors (Lipinski definition) is 4. The fraction of sp³-hybridized carbons (Fsp3) is 0.0455. The zero-order valence-corrected chi connectivity index (χ0v) is 27.2. The maximum absolute atomic E-state index is 5.04. The van der Waals surface area contributed by atoms with Gasteiger partial charge in [-0.25, -0.2) is 4.98 Å². The van der Waals surface area contributed by atoms with Gasteiger partial charge in [-0.05, 0) is 108 Å². The maximum atomic E-state index is 5.04. The van der Waals surface area contributed by atoms with Crippen LogP contribution < -0.4 is 0 Å². The van der Waals surface area contributed by atoms with Gasteiger partial charge in [-0.15, -0.1) is 0 Å². The van der Waals surface area contributed by atoms with Crippen molar-refractivity contribution in [3.63, 3.8) is 0 Å². The van der Waals surface area contributed by atoms with Crippen LogP contribution in [0.3, 0.4) is 0 Å². The molecular weight excluding hydrogens is 599 g/mol. The van der Waals surface area contributed by atoms with Gasteiger partial charge in [0.15, 0.2) is 0 Å². The van der Waals surface area contributed by atoms with Crippen molar-refractivity contribution >= 4 is 27.5 Å². The number of hydrogen-bond donors (Lipinski definition) is 0. The first-order valence-corrected chi connectivity index (χ1v) is 16.5. The molecule has 0 fully saturated rings. The lowest BCUT2D eigenvalue weighted by Gasteiger charge is -2.15. The molecule has 0 unspecified atom stereocenters. The quantitative estimate of drug-likeness (QED) is 0.178. The molecule has 0 atom stereocenters. The van der Waals surface area contributed by atoms with Gasteiger partial charge in [0, 0.05) is 51.9 Å². The smallest absolute Gasteiger partial charge is 0.137 e. The van der Waals surface area contributed by atoms with Gasteiger partial charge in [-0.3, -0.25) is 19.4 Å². The van der Waals surface area contributed by atoms with Crippen LogP contribution in [-0.4, -0.2) is 24.3 Å². The summed E-state index contributed by atoms with van der Waals surface area (Å²) in [5, 5.41) is 2.15. The van der Waals surface area contributed by atoms with Crippen LogP contribution in [0.15, 0.2) is 152 Å². The SMILES string of the molecule is Cc1cc(-c2cc(-c3ccc(-c4c(-c5ccccc5)nc5ccccn45)cc3)cc(-c3cc4cccnc4c4ncccc34)c2)cc(C)n1. The first-order valence-electron chi connectivity index (χ1n) is 16.5. The predicted molar refractivity (Wildman–Crippen MR) is 200 cm³/mol. The molecule has 9 aromatic rings. The molecule has 0 aliphatic heterocycles. The summed E-state index contributed by atoms with van der Waals surface area (Å²) in [6.45, 7) is 4.11. The molecule has 5 heteroatoms. The van der Waals surface area contributed by atoms with Crippen molar-refractivity contribution in [3.8, 4) is 55.9 Å². The maximum Gasteiger partial charge on any atom is 0.137 e. The van der Waals surface area contributed by atoms with Crippen LogP contribution in [0.5, 0.6) is 0 Å². The summed E-state index contributed by atoms with van der Waals surface area (Å²) in [5.74, 6) is 0. The van der Waals surface area contributed by atoms with E-state index in [4.69, 9.17) is 15.0 Å². The molecule has 9 rings (SSSR count). The van der Waals surface area contributed by atoms with E-state index < -0.39 is 0 Å². The van der Waals surface area contributed by atoms with E-state index in [1.807, 2.05) is 36.7 Å². The Bertz CT molecular complexity index is 2650. The summed E-state index contributed by atoms with van der Waals surface area (Å²) in [4.78, 5) is 19.2. The molecule has 4 aromatic carbocycles. The zero-order valence-electron chi connectivity index (χ0n) is 27.2. The molecule has 0 bridgehead atoms. The monoisotopic (exact) mass is 629 g/mol. The normalized spacial score (nSPS) is 11.5. The second-order valence-electron chi connectivity index (χ2n) is 12.5. The molecule has 49 heavy (non-hydrogen) atoms. The fourth-order valence-corrected chi connectivity index (χ4v) is 7.02. The van der Waals surface area contributed by atoms with Crippen LogP contribution in [0.4, 0.5) is 0 Å². The Labute approximate surface area is 284 Å². The number of benzene rings is 4. The number of imidazole rings is 1. The van der Waals surface area contributed by atoms with Crippen molar-refractivity contribution < 1.29 is 0 Å². The van der Waals surface area contributed by atoms with E-state index in [0.29, 0.717) is 0 Å². The molecule has 0 aliphatic rings. The van der Waals surface area contributed by atoms with E-state index >= 15 is 0 Å². The predicted octanol–water partition coefficient (Wildman–Crippen LogP) is 10.8. The Kier molecular flexibility index (Phi) is 6.83. The van der Waals surface area contributed by atoms with Crippen molar-refractivity contribution in [1.82, 2.24) is 24.3 Å². The standard InChI is InChI=1S/C44H31N5/c1-28-22-34(23-29(2)47-28)36-24-35(25-37(26-36)39-27-33-12-8-19-45-41(33)43-38(39)13-9-20-46-43)30-15-17-32(18-16-30)44-42(31-10-4-3-5-11-31)48-40-14-6-7-21-49(40)44/h3-27H,1-2H3. The lowest BCUT2D eigenvalue weighted by atomic mass is 9.90. The Morgan fingerprint density at radius 3 is 1.92 bits per heavy atom. The second-order valence-corrected chi connectivity index (χ2v) is 12.5. The lowest BCUT2D eigenvalue weighted by Crippen LogP contribution is -1.92. The molecular formula is C44H31N5. The minimum Gasteiger partial charge on any atom is -0.299 e. The van der Waals surface area contributed by atoms with Gasteiger partial charge < -0.3 is 0 Å². The highest BCUT2D eigenvalue weighted by atomic mass is 15.0. The van der Waals surface area contributed by atoms with Crippen LogP contribution in [0.25, 0.3) is 83.3 Å². The van der Waals surface area contributed by atoms with Crippen LogP contribution >= 0.6 is 0 Å². The molecule has 0 amide bonds. The van der Waals surface area contributed by atoms with Crippen molar-refractivity contribution in [2.75, 3.05) is 0 Å². The molecule has 232 valence electrons. The average molecular weight is 630 g/mol. The van der Waals surface area contributed by atoms with E-state index in [1.54, 1.807) is 0 Å². The van der Waals surface area contributed by atoms with E-state index in [9.17, 15) is 0 Å². The van der Waals surface area contributed by atoms with Gasteiger partial charge in [-0.1, -0.05) is 72.8 Å². The Hall–Kier alpha value is -6.46. The highest BCUT2D eigenvalue weighted by Gasteiger charge is 2.17. The van der Waals surface area contributed by atoms with Crippen molar-refractivity contribution in [2.45, 2.75) is 13.8 Å². The van der Waals surface area contributed by atoms with Crippen molar-refractivity contribution in [3.05, 3.63) is 163 Å². The summed E-state index contributed by atoms with van der Waals surface area (Å²) >= 11 is 0. The van der Waals surface area contributed by atoms with Crippen LogP contribution in [0, 0.1) is 13.8 Å². The summed E-state index contributed by atoms with van der Waals surface area (Å²) < 4.78 is 2.18. The summed E-state index contributed by atoms with van der Waals surface area (Å²) in [6.07, 6.45) is 5.77. The Balaban J connectivity index is 1.23. The number of pyridine rings is 4. The number of nitrogens with zero attached hydrogens (tertiary/aromatic N) is 5. The highest BCUT2D eigenvalue weighted by molar-refractivity contribution is 6.10. The summed E-state index contributed by atoms with van der Waals surface area (Å²) in [5.41, 5.74) is 15.8. The topological polar surface area (TPSA) is 56.0 Å². The van der Waals surface area contributed by atoms with Gasteiger partial charge in [-0.2, -0.15) is 0 Å². The van der Waals surface area contributed by atoms with Gasteiger partial charge in [0.2, 0.25) is 0 Å². The van der Waals surface area contributed by atoms with Gasteiger partial charge in [0.1, 0.15) is 5.65 Å². The first kappa shape index (κ1) is 28.7. The first-order chi connectivity index (χ1) is 24.1. The molecule has 5 nitrogen and oxygen atoms in total. The minimum atomic E-state index is 0.907. The van der Waals surface area contributed by atoms with E-state index in [2.05, 4.69) is 139 Å². The third-order valence-corrected chi connectivity index (χ3v) is 9.19. The third-order valence-electron chi connectivity index (χ3n) is 9.19. The summed E-state index contributed by atoms with van der Waals surface area (Å²) in [6, 6.07) is 47.1. The Morgan fingerprint density at radius 1 is 0.469 bits per heavy atom. The van der Waals surface area contributed by atoms with Crippen molar-refractivity contribution in [1.29, 1.82) is 0 Å². The number of rotatable bonds is 5. The van der Waals surface area contributed by atoms with E-state index in [1.165, 1.54) is 0 Å². The fourth-order valence-electron chi connectivity index (χ4n) is 7.02. The molecule has 0 saturated carbocycles. The zero-order chi connectivity index (χ0) is 32.9. The van der Waals surface area contributed by atoms with Gasteiger partial charge >= 0.3 is 0 Å². The lowest BCUT2D eigenvalue weighted by molar-refractivity contribution is 1.12. The van der Waals surface area contributed by atoms with E-state index in [0.717, 1.165) is 94.7 Å². The minimum absolute atomic E-state index is 0.907. The molecule has 0 saturated heterocycles. The summed E-state index contributed by atoms with van der Waals surface area (Å²) in [7, 11) is 0. The van der Waals surface area contributed by atoms with Gasteiger partial charge in [0.05, 0.1) is 22.4 Å². The van der Waals surface area contributed by atoms with Crippen LogP contribution in [0.1, 0.15) is 11.4 Å². The van der Waals surface area contributed by atoms with Crippen molar-refractivity contribution in [2.24, 2.45) is 0 Å². The Morgan fingerprint density at radius 2 is 1.12 bits per heavy atom. The number of fused-ring (bicyclic) bond motifs is 4. The molecule has 0 spiro atoms. The third kappa shape index (κ3) is 5.13. The van der Waals surface area contributed by atoms with Crippen LogP contribution in [-0.2, 0) is 0 Å². The van der Waals surface area contributed by atoms with E-state index in [-0.39, 0.29) is 0 Å². The highest BCUT2D eigenvalue weighted by Crippen LogP contribution is 2.39.